The maximum atomic E-state index is 12.6. The van der Waals surface area contributed by atoms with E-state index in [0.717, 1.165) is 25.7 Å². The Labute approximate surface area is 113 Å². The van der Waals surface area contributed by atoms with Crippen molar-refractivity contribution < 1.29 is 8.42 Å². The Morgan fingerprint density at radius 3 is 2.79 bits per heavy atom. The summed E-state index contributed by atoms with van der Waals surface area (Å²) in [6.45, 7) is 2.50. The molecule has 0 radical (unpaired) electrons. The van der Waals surface area contributed by atoms with Crippen LogP contribution in [0, 0.1) is 11.3 Å². The summed E-state index contributed by atoms with van der Waals surface area (Å²) in [5.41, 5.74) is 0.225. The van der Waals surface area contributed by atoms with E-state index in [4.69, 9.17) is 5.26 Å². The second-order valence-electron chi connectivity index (χ2n) is 4.81. The van der Waals surface area contributed by atoms with Gasteiger partial charge in [-0.25, -0.2) is 13.4 Å². The highest BCUT2D eigenvalue weighted by atomic mass is 32.2. The molecule has 102 valence electrons. The average Bonchev–Trinajstić information content (AvgIpc) is 2.64. The molecule has 0 N–H and O–H groups in total. The van der Waals surface area contributed by atoms with Crippen LogP contribution in [0.4, 0.5) is 0 Å². The standard InChI is InChI=1S/C13H17N3O2S/c1-11-5-3-2-4-8-16(11)19(17,18)13-7-6-12(9-14)15-10-13/h6-7,10-11H,2-5,8H2,1H3. The van der Waals surface area contributed by atoms with Gasteiger partial charge in [0.15, 0.2) is 0 Å². The first-order chi connectivity index (χ1) is 9.05. The molecule has 0 saturated carbocycles. The molecule has 1 aromatic rings. The van der Waals surface area contributed by atoms with E-state index in [0.29, 0.717) is 6.54 Å². The third kappa shape index (κ3) is 2.94. The van der Waals surface area contributed by atoms with Crippen LogP contribution < -0.4 is 0 Å². The number of sulfonamides is 1. The van der Waals surface area contributed by atoms with Gasteiger partial charge in [0, 0.05) is 18.8 Å². The molecule has 5 nitrogen and oxygen atoms in total. The number of nitrogens with zero attached hydrogens (tertiary/aromatic N) is 3. The van der Waals surface area contributed by atoms with Crippen molar-refractivity contribution in [3.63, 3.8) is 0 Å². The highest BCUT2D eigenvalue weighted by molar-refractivity contribution is 7.89. The molecule has 0 spiro atoms. The highest BCUT2D eigenvalue weighted by Crippen LogP contribution is 2.24. The van der Waals surface area contributed by atoms with Gasteiger partial charge in [-0.1, -0.05) is 12.8 Å². The van der Waals surface area contributed by atoms with Gasteiger partial charge in [-0.15, -0.1) is 0 Å². The normalized spacial score (nSPS) is 21.6. The van der Waals surface area contributed by atoms with Gasteiger partial charge in [-0.2, -0.15) is 9.57 Å². The van der Waals surface area contributed by atoms with Crippen LogP contribution in [-0.2, 0) is 10.0 Å². The summed E-state index contributed by atoms with van der Waals surface area (Å²) in [6, 6.07) is 4.80. The lowest BCUT2D eigenvalue weighted by Gasteiger charge is -2.26. The van der Waals surface area contributed by atoms with Gasteiger partial charge in [0.2, 0.25) is 10.0 Å². The zero-order chi connectivity index (χ0) is 13.9. The van der Waals surface area contributed by atoms with E-state index in [1.54, 1.807) is 4.31 Å². The lowest BCUT2D eigenvalue weighted by molar-refractivity contribution is 0.342. The number of pyridine rings is 1. The molecule has 0 amide bonds. The molecule has 0 bridgehead atoms. The van der Waals surface area contributed by atoms with Crippen molar-refractivity contribution in [2.24, 2.45) is 0 Å². The largest absolute Gasteiger partial charge is 0.244 e. The van der Waals surface area contributed by atoms with E-state index in [2.05, 4.69) is 4.98 Å². The van der Waals surface area contributed by atoms with Crippen LogP contribution in [0.5, 0.6) is 0 Å². The Morgan fingerprint density at radius 2 is 2.16 bits per heavy atom. The van der Waals surface area contributed by atoms with Crippen molar-refractivity contribution in [1.82, 2.24) is 9.29 Å². The van der Waals surface area contributed by atoms with Crippen LogP contribution in [0.2, 0.25) is 0 Å². The van der Waals surface area contributed by atoms with Crippen molar-refractivity contribution in [2.75, 3.05) is 6.54 Å². The van der Waals surface area contributed by atoms with Gasteiger partial charge < -0.3 is 0 Å². The molecule has 1 atom stereocenters. The molecular weight excluding hydrogens is 262 g/mol. The molecule has 1 fully saturated rings. The van der Waals surface area contributed by atoms with E-state index in [1.165, 1.54) is 18.3 Å². The van der Waals surface area contributed by atoms with Crippen molar-refractivity contribution in [3.8, 4) is 6.07 Å². The monoisotopic (exact) mass is 279 g/mol. The summed E-state index contributed by atoms with van der Waals surface area (Å²) in [6.07, 6.45) is 5.20. The van der Waals surface area contributed by atoms with Crippen molar-refractivity contribution in [2.45, 2.75) is 43.5 Å². The lowest BCUT2D eigenvalue weighted by Crippen LogP contribution is -2.38. The minimum absolute atomic E-state index is 0.0168. The summed E-state index contributed by atoms with van der Waals surface area (Å²) in [7, 11) is -3.50. The molecule has 1 aliphatic heterocycles. The molecule has 2 rings (SSSR count). The second kappa shape index (κ2) is 5.68. The first-order valence-corrected chi connectivity index (χ1v) is 7.87. The molecule has 19 heavy (non-hydrogen) atoms. The van der Waals surface area contributed by atoms with Gasteiger partial charge in [0.25, 0.3) is 0 Å². The Morgan fingerprint density at radius 1 is 1.37 bits per heavy atom. The van der Waals surface area contributed by atoms with Gasteiger partial charge in [-0.3, -0.25) is 0 Å². The third-order valence-electron chi connectivity index (χ3n) is 3.45. The van der Waals surface area contributed by atoms with Crippen LogP contribution >= 0.6 is 0 Å². The molecule has 1 unspecified atom stereocenters. The number of aromatic nitrogens is 1. The molecule has 0 aromatic carbocycles. The molecule has 1 aromatic heterocycles. The first-order valence-electron chi connectivity index (χ1n) is 6.43. The van der Waals surface area contributed by atoms with E-state index >= 15 is 0 Å². The average molecular weight is 279 g/mol. The molecule has 1 saturated heterocycles. The second-order valence-corrected chi connectivity index (χ2v) is 6.70. The molecular formula is C13H17N3O2S. The summed E-state index contributed by atoms with van der Waals surface area (Å²) >= 11 is 0. The molecule has 1 aliphatic rings. The zero-order valence-electron chi connectivity index (χ0n) is 10.9. The number of hydrogen-bond acceptors (Lipinski definition) is 4. The van der Waals surface area contributed by atoms with E-state index in [-0.39, 0.29) is 16.6 Å². The predicted molar refractivity (Wildman–Crippen MR) is 70.8 cm³/mol. The van der Waals surface area contributed by atoms with Gasteiger partial charge in [-0.05, 0) is 31.9 Å². The van der Waals surface area contributed by atoms with E-state index in [9.17, 15) is 8.42 Å². The first kappa shape index (κ1) is 14.0. The molecule has 2 heterocycles. The fourth-order valence-corrected chi connectivity index (χ4v) is 3.99. The smallest absolute Gasteiger partial charge is 0.244 e. The number of hydrogen-bond donors (Lipinski definition) is 0. The highest BCUT2D eigenvalue weighted by Gasteiger charge is 2.30. The van der Waals surface area contributed by atoms with Crippen LogP contribution in [0.1, 0.15) is 38.3 Å². The summed E-state index contributed by atoms with van der Waals surface area (Å²) in [5, 5.41) is 8.69. The van der Waals surface area contributed by atoms with E-state index in [1.807, 2.05) is 13.0 Å². The Kier molecular flexibility index (Phi) is 4.17. The number of rotatable bonds is 2. The SMILES string of the molecule is CC1CCCCCN1S(=O)(=O)c1ccc(C#N)nc1. The minimum Gasteiger partial charge on any atom is -0.244 e. The predicted octanol–water partition coefficient (Wildman–Crippen LogP) is 1.91. The third-order valence-corrected chi connectivity index (χ3v) is 5.45. The molecule has 6 heteroatoms. The van der Waals surface area contributed by atoms with Crippen molar-refractivity contribution in [1.29, 1.82) is 5.26 Å². The van der Waals surface area contributed by atoms with Gasteiger partial charge >= 0.3 is 0 Å². The summed E-state index contributed by atoms with van der Waals surface area (Å²) in [4.78, 5) is 4.01. The number of nitriles is 1. The van der Waals surface area contributed by atoms with Crippen molar-refractivity contribution >= 4 is 10.0 Å². The van der Waals surface area contributed by atoms with Gasteiger partial charge in [0.1, 0.15) is 16.7 Å². The topological polar surface area (TPSA) is 74.1 Å². The maximum absolute atomic E-state index is 12.6. The fourth-order valence-electron chi connectivity index (χ4n) is 2.34. The summed E-state index contributed by atoms with van der Waals surface area (Å²) in [5.74, 6) is 0. The van der Waals surface area contributed by atoms with Crippen molar-refractivity contribution in [3.05, 3.63) is 24.0 Å². The quantitative estimate of drug-likeness (QED) is 0.828. The van der Waals surface area contributed by atoms with Crippen LogP contribution in [0.25, 0.3) is 0 Å². The summed E-state index contributed by atoms with van der Waals surface area (Å²) < 4.78 is 26.7. The van der Waals surface area contributed by atoms with E-state index < -0.39 is 10.0 Å². The van der Waals surface area contributed by atoms with Crippen LogP contribution in [-0.4, -0.2) is 30.3 Å². The Bertz CT molecular complexity index is 575. The maximum Gasteiger partial charge on any atom is 0.244 e. The van der Waals surface area contributed by atoms with Gasteiger partial charge in [0.05, 0.1) is 0 Å². The van der Waals surface area contributed by atoms with Crippen LogP contribution in [0.15, 0.2) is 23.2 Å². The lowest BCUT2D eigenvalue weighted by atomic mass is 10.1. The molecule has 0 aliphatic carbocycles. The fraction of sp³-hybridized carbons (Fsp3) is 0.538. The minimum atomic E-state index is -3.50. The zero-order valence-corrected chi connectivity index (χ0v) is 11.7. The Balaban J connectivity index is 2.32. The van der Waals surface area contributed by atoms with Crippen LogP contribution in [0.3, 0.4) is 0 Å². The Hall–Kier alpha value is -1.45.